The highest BCUT2D eigenvalue weighted by atomic mass is 16.4. The maximum absolute atomic E-state index is 11.8. The van der Waals surface area contributed by atoms with Gasteiger partial charge in [-0.2, -0.15) is 0 Å². The molecule has 0 fully saturated rings. The highest BCUT2D eigenvalue weighted by Crippen LogP contribution is 2.24. The van der Waals surface area contributed by atoms with Crippen molar-refractivity contribution in [2.24, 2.45) is 0 Å². The van der Waals surface area contributed by atoms with E-state index in [0.29, 0.717) is 5.56 Å². The molecule has 2 aromatic rings. The molecule has 2 rings (SSSR count). The molecule has 0 atom stereocenters. The Balaban J connectivity index is 2.65. The summed E-state index contributed by atoms with van der Waals surface area (Å²) in [6, 6.07) is 11.9. The molecule has 2 nitrogen and oxygen atoms in total. The van der Waals surface area contributed by atoms with Crippen molar-refractivity contribution in [3.63, 3.8) is 0 Å². The largest absolute Gasteiger partial charge is 0.427 e. The fraction of sp³-hybridized carbons (Fsp3) is 0.267. The van der Waals surface area contributed by atoms with Gasteiger partial charge in [0.05, 0.1) is 0 Å². The molecule has 2 heteroatoms. The summed E-state index contributed by atoms with van der Waals surface area (Å²) in [6.07, 6.45) is 0. The van der Waals surface area contributed by atoms with Crippen LogP contribution < -0.4 is 5.63 Å². The molecule has 0 spiro atoms. The Morgan fingerprint density at radius 1 is 1.12 bits per heavy atom. The fourth-order valence-corrected chi connectivity index (χ4v) is 1.78. The van der Waals surface area contributed by atoms with Crippen molar-refractivity contribution < 1.29 is 4.42 Å². The predicted octanol–water partition coefficient (Wildman–Crippen LogP) is 3.74. The van der Waals surface area contributed by atoms with Gasteiger partial charge in [0.2, 0.25) is 0 Å². The van der Waals surface area contributed by atoms with E-state index in [4.69, 9.17) is 4.42 Å². The number of hydrogen-bond acceptors (Lipinski definition) is 2. The molecular weight excluding hydrogens is 212 g/mol. The molecule has 0 aliphatic carbocycles. The van der Waals surface area contributed by atoms with Gasteiger partial charge in [-0.3, -0.25) is 0 Å². The lowest BCUT2D eigenvalue weighted by Gasteiger charge is -2.09. The minimum Gasteiger partial charge on any atom is -0.427 e. The number of rotatable bonds is 2. The van der Waals surface area contributed by atoms with Crippen molar-refractivity contribution in [1.82, 2.24) is 0 Å². The van der Waals surface area contributed by atoms with Gasteiger partial charge in [0, 0.05) is 11.5 Å². The monoisotopic (exact) mass is 228 g/mol. The standard InChI is InChI=1S/C15H16O2/c1-10(2)14-9-13(11(3)15(16)17-14)12-7-5-4-6-8-12/h4-10H,1-3H3. The van der Waals surface area contributed by atoms with Crippen molar-refractivity contribution in [3.05, 3.63) is 58.1 Å². The van der Waals surface area contributed by atoms with Crippen LogP contribution in [0.1, 0.15) is 31.1 Å². The van der Waals surface area contributed by atoms with Gasteiger partial charge in [0.1, 0.15) is 5.76 Å². The second-order valence-electron chi connectivity index (χ2n) is 4.50. The van der Waals surface area contributed by atoms with Crippen LogP contribution in [0.2, 0.25) is 0 Å². The van der Waals surface area contributed by atoms with Crippen molar-refractivity contribution in [3.8, 4) is 11.1 Å². The van der Waals surface area contributed by atoms with E-state index in [1.165, 1.54) is 0 Å². The van der Waals surface area contributed by atoms with Crippen LogP contribution >= 0.6 is 0 Å². The maximum Gasteiger partial charge on any atom is 0.339 e. The van der Waals surface area contributed by atoms with Crippen LogP contribution in [0.15, 0.2) is 45.6 Å². The SMILES string of the molecule is Cc1c(-c2ccccc2)cc(C(C)C)oc1=O. The van der Waals surface area contributed by atoms with E-state index < -0.39 is 0 Å². The lowest BCUT2D eigenvalue weighted by molar-refractivity contribution is 0.437. The predicted molar refractivity (Wildman–Crippen MR) is 69.2 cm³/mol. The third kappa shape index (κ3) is 2.31. The van der Waals surface area contributed by atoms with E-state index in [-0.39, 0.29) is 11.5 Å². The molecule has 1 heterocycles. The summed E-state index contributed by atoms with van der Waals surface area (Å²) >= 11 is 0. The normalized spacial score (nSPS) is 10.8. The summed E-state index contributed by atoms with van der Waals surface area (Å²) in [6.45, 7) is 5.84. The van der Waals surface area contributed by atoms with Crippen molar-refractivity contribution in [2.45, 2.75) is 26.7 Å². The zero-order valence-electron chi connectivity index (χ0n) is 10.4. The van der Waals surface area contributed by atoms with Gasteiger partial charge in [0.25, 0.3) is 0 Å². The van der Waals surface area contributed by atoms with Gasteiger partial charge in [-0.25, -0.2) is 4.79 Å². The average Bonchev–Trinajstić information content (AvgIpc) is 2.33. The van der Waals surface area contributed by atoms with Gasteiger partial charge < -0.3 is 4.42 Å². The second kappa shape index (κ2) is 4.58. The lowest BCUT2D eigenvalue weighted by atomic mass is 10.00. The Morgan fingerprint density at radius 2 is 1.76 bits per heavy atom. The molecule has 0 radical (unpaired) electrons. The molecule has 0 amide bonds. The summed E-state index contributed by atoms with van der Waals surface area (Å²) < 4.78 is 5.28. The van der Waals surface area contributed by atoms with Gasteiger partial charge in [-0.1, -0.05) is 44.2 Å². The third-order valence-corrected chi connectivity index (χ3v) is 2.86. The summed E-state index contributed by atoms with van der Waals surface area (Å²) in [5.41, 5.74) is 2.45. The molecule has 0 aliphatic heterocycles. The minimum atomic E-state index is -0.241. The Morgan fingerprint density at radius 3 is 2.35 bits per heavy atom. The minimum absolute atomic E-state index is 0.214. The van der Waals surface area contributed by atoms with E-state index in [1.807, 2.05) is 50.2 Å². The summed E-state index contributed by atoms with van der Waals surface area (Å²) in [7, 11) is 0. The van der Waals surface area contributed by atoms with Crippen LogP contribution in [0.25, 0.3) is 11.1 Å². The maximum atomic E-state index is 11.8. The summed E-state index contributed by atoms with van der Waals surface area (Å²) in [5.74, 6) is 0.949. The molecule has 0 unspecified atom stereocenters. The Bertz CT molecular complexity index is 565. The Hall–Kier alpha value is -1.83. The quantitative estimate of drug-likeness (QED) is 0.783. The van der Waals surface area contributed by atoms with Crippen molar-refractivity contribution in [1.29, 1.82) is 0 Å². The number of hydrogen-bond donors (Lipinski definition) is 0. The van der Waals surface area contributed by atoms with E-state index in [1.54, 1.807) is 6.92 Å². The molecular formula is C15H16O2. The molecule has 0 N–H and O–H groups in total. The molecule has 88 valence electrons. The van der Waals surface area contributed by atoms with Crippen LogP contribution in [0.4, 0.5) is 0 Å². The molecule has 0 saturated carbocycles. The molecule has 17 heavy (non-hydrogen) atoms. The molecule has 0 aliphatic rings. The van der Waals surface area contributed by atoms with Gasteiger partial charge in [-0.05, 0) is 24.1 Å². The van der Waals surface area contributed by atoms with Crippen LogP contribution in [-0.2, 0) is 0 Å². The smallest absolute Gasteiger partial charge is 0.339 e. The van der Waals surface area contributed by atoms with Crippen molar-refractivity contribution >= 4 is 0 Å². The van der Waals surface area contributed by atoms with Crippen molar-refractivity contribution in [2.75, 3.05) is 0 Å². The topological polar surface area (TPSA) is 30.2 Å². The van der Waals surface area contributed by atoms with Gasteiger partial charge in [-0.15, -0.1) is 0 Å². The summed E-state index contributed by atoms with van der Waals surface area (Å²) in [5, 5.41) is 0. The Labute approximate surface area is 101 Å². The van der Waals surface area contributed by atoms with Crippen LogP contribution in [0.5, 0.6) is 0 Å². The van der Waals surface area contributed by atoms with Gasteiger partial charge in [0.15, 0.2) is 0 Å². The zero-order chi connectivity index (χ0) is 12.4. The Kier molecular flexibility index (Phi) is 3.14. The van der Waals surface area contributed by atoms with Crippen LogP contribution in [-0.4, -0.2) is 0 Å². The fourth-order valence-electron chi connectivity index (χ4n) is 1.78. The first-order valence-corrected chi connectivity index (χ1v) is 5.79. The average molecular weight is 228 g/mol. The first-order valence-electron chi connectivity index (χ1n) is 5.79. The van der Waals surface area contributed by atoms with E-state index in [9.17, 15) is 4.79 Å². The molecule has 0 bridgehead atoms. The van der Waals surface area contributed by atoms with E-state index in [2.05, 4.69) is 0 Å². The second-order valence-corrected chi connectivity index (χ2v) is 4.50. The third-order valence-electron chi connectivity index (χ3n) is 2.86. The molecule has 1 aromatic heterocycles. The van der Waals surface area contributed by atoms with E-state index in [0.717, 1.165) is 16.9 Å². The molecule has 0 saturated heterocycles. The van der Waals surface area contributed by atoms with E-state index >= 15 is 0 Å². The van der Waals surface area contributed by atoms with Crippen LogP contribution in [0.3, 0.4) is 0 Å². The number of benzene rings is 1. The van der Waals surface area contributed by atoms with Crippen LogP contribution in [0, 0.1) is 6.92 Å². The molecule has 1 aromatic carbocycles. The highest BCUT2D eigenvalue weighted by molar-refractivity contribution is 5.66. The zero-order valence-corrected chi connectivity index (χ0v) is 10.4. The summed E-state index contributed by atoms with van der Waals surface area (Å²) in [4.78, 5) is 11.8. The van der Waals surface area contributed by atoms with Gasteiger partial charge >= 0.3 is 5.63 Å². The first-order chi connectivity index (χ1) is 8.09. The first kappa shape index (κ1) is 11.6. The highest BCUT2D eigenvalue weighted by Gasteiger charge is 2.11. The lowest BCUT2D eigenvalue weighted by Crippen LogP contribution is -2.08.